The van der Waals surface area contributed by atoms with Crippen LogP contribution in [0.2, 0.25) is 0 Å². The Kier molecular flexibility index (Phi) is 3.55. The van der Waals surface area contributed by atoms with Gasteiger partial charge < -0.3 is 9.84 Å². The second-order valence-corrected chi connectivity index (χ2v) is 8.79. The van der Waals surface area contributed by atoms with E-state index in [1.54, 1.807) is 0 Å². The number of ketones is 1. The number of ether oxygens (including phenoxy) is 1. The Bertz CT molecular complexity index is 633. The average molecular weight is 330 g/mol. The molecular weight excluding hydrogens is 300 g/mol. The summed E-state index contributed by atoms with van der Waals surface area (Å²) >= 11 is 0. The third kappa shape index (κ3) is 1.91. The maximum Gasteiger partial charge on any atom is 0.139 e. The zero-order valence-corrected chi connectivity index (χ0v) is 15.2. The predicted molar refractivity (Wildman–Crippen MR) is 93.3 cm³/mol. The molecular formula is C21H30O3. The van der Waals surface area contributed by atoms with Gasteiger partial charge in [-0.25, -0.2) is 0 Å². The highest BCUT2D eigenvalue weighted by Crippen LogP contribution is 2.65. The number of allylic oxidation sites excluding steroid dienone is 3. The summed E-state index contributed by atoms with van der Waals surface area (Å²) in [4.78, 5) is 12.5. The first-order valence-electron chi connectivity index (χ1n) is 9.65. The van der Waals surface area contributed by atoms with Crippen LogP contribution in [0.15, 0.2) is 23.5 Å². The second-order valence-electron chi connectivity index (χ2n) is 8.79. The van der Waals surface area contributed by atoms with Crippen molar-refractivity contribution in [3.8, 4) is 0 Å². The lowest BCUT2D eigenvalue weighted by atomic mass is 9.46. The van der Waals surface area contributed by atoms with Crippen LogP contribution < -0.4 is 0 Å². The molecule has 5 atom stereocenters. The monoisotopic (exact) mass is 330 g/mol. The zero-order chi connectivity index (χ0) is 17.2. The molecule has 3 heteroatoms. The molecule has 0 aromatic rings. The Morgan fingerprint density at radius 1 is 1.21 bits per heavy atom. The molecule has 0 aliphatic heterocycles. The summed E-state index contributed by atoms with van der Waals surface area (Å²) in [6.07, 6.45) is 10.5. The molecule has 0 saturated heterocycles. The minimum absolute atomic E-state index is 0.195. The molecule has 0 bridgehead atoms. The highest BCUT2D eigenvalue weighted by Gasteiger charge is 2.65. The first-order valence-corrected chi connectivity index (χ1v) is 9.65. The van der Waals surface area contributed by atoms with Gasteiger partial charge in [-0.15, -0.1) is 0 Å². The van der Waals surface area contributed by atoms with E-state index in [0.29, 0.717) is 24.7 Å². The van der Waals surface area contributed by atoms with E-state index in [4.69, 9.17) is 4.74 Å². The Balaban J connectivity index is 1.74. The van der Waals surface area contributed by atoms with Crippen LogP contribution in [0.1, 0.15) is 65.7 Å². The number of aliphatic hydroxyl groups is 1. The Morgan fingerprint density at radius 3 is 2.75 bits per heavy atom. The van der Waals surface area contributed by atoms with E-state index >= 15 is 0 Å². The van der Waals surface area contributed by atoms with Crippen molar-refractivity contribution in [1.29, 1.82) is 0 Å². The van der Waals surface area contributed by atoms with E-state index in [2.05, 4.69) is 26.0 Å². The van der Waals surface area contributed by atoms with Crippen molar-refractivity contribution in [3.05, 3.63) is 23.5 Å². The number of carbonyl (C=O) groups excluding carboxylic acids is 1. The van der Waals surface area contributed by atoms with Crippen LogP contribution in [0.25, 0.3) is 0 Å². The van der Waals surface area contributed by atoms with Crippen LogP contribution in [-0.4, -0.2) is 23.1 Å². The van der Waals surface area contributed by atoms with Gasteiger partial charge in [0.2, 0.25) is 0 Å². The average Bonchev–Trinajstić information content (AvgIpc) is 2.85. The number of Topliss-reactive ketones (excluding diaryl/α,β-unsaturated/α-hetero) is 1. The lowest BCUT2D eigenvalue weighted by Crippen LogP contribution is -2.62. The number of rotatable bonds is 2. The molecule has 0 spiro atoms. The molecule has 2 fully saturated rings. The van der Waals surface area contributed by atoms with Gasteiger partial charge in [0.1, 0.15) is 5.78 Å². The quantitative estimate of drug-likeness (QED) is 0.827. The van der Waals surface area contributed by atoms with Crippen LogP contribution in [0.3, 0.4) is 0 Å². The fourth-order valence-corrected chi connectivity index (χ4v) is 6.31. The molecule has 132 valence electrons. The van der Waals surface area contributed by atoms with Crippen molar-refractivity contribution in [1.82, 2.24) is 0 Å². The number of fused-ring (bicyclic) bond motifs is 5. The van der Waals surface area contributed by atoms with Crippen LogP contribution in [0.4, 0.5) is 0 Å². The van der Waals surface area contributed by atoms with Gasteiger partial charge >= 0.3 is 0 Å². The van der Waals surface area contributed by atoms with Crippen molar-refractivity contribution in [2.75, 3.05) is 6.61 Å². The number of hydrogen-bond donors (Lipinski definition) is 1. The van der Waals surface area contributed by atoms with Gasteiger partial charge in [0.05, 0.1) is 18.0 Å². The Hall–Kier alpha value is -1.09. The smallest absolute Gasteiger partial charge is 0.139 e. The number of hydrogen-bond acceptors (Lipinski definition) is 3. The first kappa shape index (κ1) is 16.4. The summed E-state index contributed by atoms with van der Waals surface area (Å²) in [6.45, 7) is 7.11. The van der Waals surface area contributed by atoms with Crippen LogP contribution >= 0.6 is 0 Å². The van der Waals surface area contributed by atoms with Gasteiger partial charge in [-0.2, -0.15) is 0 Å². The molecule has 2 saturated carbocycles. The molecule has 4 rings (SSSR count). The van der Waals surface area contributed by atoms with E-state index in [1.807, 2.05) is 6.92 Å². The van der Waals surface area contributed by atoms with Crippen molar-refractivity contribution >= 4 is 5.78 Å². The topological polar surface area (TPSA) is 46.5 Å². The minimum Gasteiger partial charge on any atom is -0.498 e. The molecule has 4 aliphatic rings. The summed E-state index contributed by atoms with van der Waals surface area (Å²) in [6, 6.07) is 0. The van der Waals surface area contributed by atoms with E-state index in [9.17, 15) is 9.90 Å². The lowest BCUT2D eigenvalue weighted by molar-refractivity contribution is -0.178. The van der Waals surface area contributed by atoms with Crippen molar-refractivity contribution in [2.45, 2.75) is 71.3 Å². The number of carbonyl (C=O) groups is 1. The molecule has 0 radical (unpaired) electrons. The first-order chi connectivity index (χ1) is 11.3. The molecule has 0 heterocycles. The minimum atomic E-state index is -0.680. The third-order valence-corrected chi connectivity index (χ3v) is 7.96. The molecule has 0 amide bonds. The molecule has 0 unspecified atom stereocenters. The summed E-state index contributed by atoms with van der Waals surface area (Å²) in [7, 11) is 0. The molecule has 0 aromatic heterocycles. The van der Waals surface area contributed by atoms with Gasteiger partial charge in [0.25, 0.3) is 0 Å². The summed E-state index contributed by atoms with van der Waals surface area (Å²) in [5.41, 5.74) is 0.173. The van der Waals surface area contributed by atoms with Crippen LogP contribution in [0.5, 0.6) is 0 Å². The Labute approximate surface area is 145 Å². The largest absolute Gasteiger partial charge is 0.498 e. The Morgan fingerprint density at radius 2 is 2.00 bits per heavy atom. The summed E-state index contributed by atoms with van der Waals surface area (Å²) < 4.78 is 5.74. The zero-order valence-electron chi connectivity index (χ0n) is 15.2. The van der Waals surface area contributed by atoms with E-state index in [-0.39, 0.29) is 16.7 Å². The molecule has 3 nitrogen and oxygen atoms in total. The van der Waals surface area contributed by atoms with Crippen LogP contribution in [-0.2, 0) is 9.53 Å². The van der Waals surface area contributed by atoms with Gasteiger partial charge in [0, 0.05) is 23.7 Å². The molecule has 1 N–H and O–H groups in total. The second kappa shape index (κ2) is 5.20. The molecule has 0 aromatic carbocycles. The maximum absolute atomic E-state index is 12.5. The normalized spacial score (nSPS) is 47.2. The van der Waals surface area contributed by atoms with Crippen molar-refractivity contribution < 1.29 is 14.6 Å². The van der Waals surface area contributed by atoms with Crippen molar-refractivity contribution in [3.63, 3.8) is 0 Å². The maximum atomic E-state index is 12.5. The van der Waals surface area contributed by atoms with E-state index in [1.165, 1.54) is 5.57 Å². The summed E-state index contributed by atoms with van der Waals surface area (Å²) in [5, 5.41) is 11.9. The van der Waals surface area contributed by atoms with Gasteiger partial charge in [-0.3, -0.25) is 4.79 Å². The van der Waals surface area contributed by atoms with Gasteiger partial charge in [0.15, 0.2) is 0 Å². The van der Waals surface area contributed by atoms with Crippen LogP contribution in [0, 0.1) is 22.7 Å². The SMILES string of the molecule is CCOC1=CC2=CC[C@H]3[C@@H]4CCC(=O)[C@@]4(C)CC[C@]3(O)[C@@]2(C)CC1. The third-order valence-electron chi connectivity index (χ3n) is 7.96. The van der Waals surface area contributed by atoms with Crippen molar-refractivity contribution in [2.24, 2.45) is 22.7 Å². The molecule has 24 heavy (non-hydrogen) atoms. The fraction of sp³-hybridized carbons (Fsp3) is 0.762. The predicted octanol–water partition coefficient (Wildman–Crippen LogP) is 4.16. The lowest BCUT2D eigenvalue weighted by Gasteiger charge is -2.60. The highest BCUT2D eigenvalue weighted by molar-refractivity contribution is 5.87. The highest BCUT2D eigenvalue weighted by atomic mass is 16.5. The summed E-state index contributed by atoms with van der Waals surface area (Å²) in [5.74, 6) is 2.05. The van der Waals surface area contributed by atoms with Gasteiger partial charge in [-0.1, -0.05) is 19.9 Å². The van der Waals surface area contributed by atoms with E-state index in [0.717, 1.165) is 44.3 Å². The standard InChI is InChI=1S/C21H30O3/c1-4-24-15-9-10-20(3)14(13-15)5-6-17-16-7-8-18(22)19(16,2)11-12-21(17,20)23/h5,13,16-17,23H,4,6-12H2,1-3H3/t16-,17-,19-,20-,21+/m0/s1. The van der Waals surface area contributed by atoms with Gasteiger partial charge in [-0.05, 0) is 62.5 Å². The molecule has 4 aliphatic carbocycles. The fourth-order valence-electron chi connectivity index (χ4n) is 6.31. The van der Waals surface area contributed by atoms with E-state index < -0.39 is 5.60 Å².